The van der Waals surface area contributed by atoms with Crippen molar-refractivity contribution in [3.05, 3.63) is 22.5 Å². The second-order valence-corrected chi connectivity index (χ2v) is 7.55. The van der Waals surface area contributed by atoms with Crippen molar-refractivity contribution in [3.8, 4) is 11.9 Å². The highest BCUT2D eigenvalue weighted by Crippen LogP contribution is 2.21. The molecule has 1 aliphatic rings. The van der Waals surface area contributed by atoms with Gasteiger partial charge in [0, 0.05) is 37.3 Å². The summed E-state index contributed by atoms with van der Waals surface area (Å²) in [6, 6.07) is 3.07. The van der Waals surface area contributed by atoms with Crippen molar-refractivity contribution in [1.82, 2.24) is 24.7 Å². The first kappa shape index (κ1) is 20.0. The van der Waals surface area contributed by atoms with Gasteiger partial charge in [0.1, 0.15) is 0 Å². The summed E-state index contributed by atoms with van der Waals surface area (Å²) >= 11 is 0. The number of rotatable bonds is 6. The highest BCUT2D eigenvalue weighted by Gasteiger charge is 2.20. The Kier molecular flexibility index (Phi) is 6.08. The normalized spacial score (nSPS) is 14.8. The molecule has 10 nitrogen and oxygen atoms in total. The van der Waals surface area contributed by atoms with Gasteiger partial charge in [0.25, 0.3) is 5.56 Å². The number of aryl methyl sites for hydroxylation is 1. The molecule has 28 heavy (non-hydrogen) atoms. The van der Waals surface area contributed by atoms with E-state index in [2.05, 4.69) is 25.4 Å². The molecule has 0 unspecified atom stereocenters. The van der Waals surface area contributed by atoms with Crippen LogP contribution in [0.2, 0.25) is 0 Å². The molecular weight excluding hydrogens is 362 g/mol. The number of ether oxygens (including phenoxy) is 2. The van der Waals surface area contributed by atoms with Gasteiger partial charge in [0.15, 0.2) is 0 Å². The number of hydrogen-bond acceptors (Lipinski definition) is 9. The topological polar surface area (TPSA) is 107 Å². The minimum absolute atomic E-state index is 0.123. The standard InChI is InChI=1S/C18H27N7O3/c1-5-8-25-14(26)7-6-13(23-25)28-17-20-15(22-18(2,3)4)19-16(21-17)24-9-11-27-12-10-24/h6-7H,5,8-12H2,1-4H3,(H,19,20,21,22). The Labute approximate surface area is 163 Å². The molecule has 1 aliphatic heterocycles. The molecule has 0 atom stereocenters. The summed E-state index contributed by atoms with van der Waals surface area (Å²) in [6.07, 6.45) is 0.795. The second-order valence-electron chi connectivity index (χ2n) is 7.55. The van der Waals surface area contributed by atoms with Crippen LogP contribution in [-0.4, -0.2) is 56.6 Å². The molecule has 1 fully saturated rings. The van der Waals surface area contributed by atoms with E-state index in [9.17, 15) is 4.79 Å². The van der Waals surface area contributed by atoms with Crippen LogP contribution in [0.5, 0.6) is 11.9 Å². The van der Waals surface area contributed by atoms with Gasteiger partial charge in [-0.15, -0.1) is 5.10 Å². The van der Waals surface area contributed by atoms with Crippen molar-refractivity contribution in [2.75, 3.05) is 36.5 Å². The monoisotopic (exact) mass is 389 g/mol. The third-order valence-corrected chi connectivity index (χ3v) is 3.86. The minimum Gasteiger partial charge on any atom is -0.403 e. The maximum atomic E-state index is 11.9. The van der Waals surface area contributed by atoms with Crippen LogP contribution in [0, 0.1) is 0 Å². The molecule has 0 radical (unpaired) electrons. The van der Waals surface area contributed by atoms with Gasteiger partial charge >= 0.3 is 6.01 Å². The molecule has 3 rings (SSSR count). The SMILES string of the molecule is CCCn1nc(Oc2nc(NC(C)(C)C)nc(N3CCOCC3)n2)ccc1=O. The van der Waals surface area contributed by atoms with Crippen LogP contribution in [-0.2, 0) is 11.3 Å². The number of morpholine rings is 1. The van der Waals surface area contributed by atoms with E-state index < -0.39 is 0 Å². The molecule has 152 valence electrons. The van der Waals surface area contributed by atoms with Crippen LogP contribution in [0.25, 0.3) is 0 Å². The Balaban J connectivity index is 1.91. The van der Waals surface area contributed by atoms with Crippen molar-refractivity contribution in [1.29, 1.82) is 0 Å². The average molecular weight is 389 g/mol. The summed E-state index contributed by atoms with van der Waals surface area (Å²) < 4.78 is 12.5. The number of anilines is 2. The lowest BCUT2D eigenvalue weighted by Crippen LogP contribution is -2.38. The van der Waals surface area contributed by atoms with E-state index in [1.807, 2.05) is 32.6 Å². The van der Waals surface area contributed by atoms with Crippen molar-refractivity contribution in [2.24, 2.45) is 0 Å². The Morgan fingerprint density at radius 3 is 2.61 bits per heavy atom. The van der Waals surface area contributed by atoms with Gasteiger partial charge in [0.2, 0.25) is 17.8 Å². The summed E-state index contributed by atoms with van der Waals surface area (Å²) in [7, 11) is 0. The zero-order valence-corrected chi connectivity index (χ0v) is 16.8. The van der Waals surface area contributed by atoms with E-state index >= 15 is 0 Å². The van der Waals surface area contributed by atoms with Crippen LogP contribution in [0.3, 0.4) is 0 Å². The third kappa shape index (κ3) is 5.38. The van der Waals surface area contributed by atoms with Crippen LogP contribution in [0.4, 0.5) is 11.9 Å². The molecule has 2 aromatic rings. The Bertz CT molecular complexity index is 857. The first-order chi connectivity index (χ1) is 13.3. The molecule has 0 aliphatic carbocycles. The maximum absolute atomic E-state index is 11.9. The van der Waals surface area contributed by atoms with E-state index in [1.165, 1.54) is 16.8 Å². The van der Waals surface area contributed by atoms with Crippen molar-refractivity contribution >= 4 is 11.9 Å². The van der Waals surface area contributed by atoms with Crippen molar-refractivity contribution in [3.63, 3.8) is 0 Å². The van der Waals surface area contributed by atoms with Gasteiger partial charge in [-0.25, -0.2) is 4.68 Å². The summed E-state index contributed by atoms with van der Waals surface area (Å²) in [6.45, 7) is 11.2. The van der Waals surface area contributed by atoms with Gasteiger partial charge in [-0.2, -0.15) is 15.0 Å². The summed E-state index contributed by atoms with van der Waals surface area (Å²) in [5.74, 6) is 1.19. The smallest absolute Gasteiger partial charge is 0.330 e. The Hall–Kier alpha value is -2.75. The van der Waals surface area contributed by atoms with E-state index in [-0.39, 0.29) is 23.0 Å². The van der Waals surface area contributed by atoms with Gasteiger partial charge in [-0.05, 0) is 27.2 Å². The zero-order chi connectivity index (χ0) is 20.1. The number of nitrogens with zero attached hydrogens (tertiary/aromatic N) is 6. The molecule has 10 heteroatoms. The van der Waals surface area contributed by atoms with E-state index in [0.29, 0.717) is 44.7 Å². The second kappa shape index (κ2) is 8.51. The number of hydrogen-bond donors (Lipinski definition) is 1. The molecule has 3 heterocycles. The molecule has 1 N–H and O–H groups in total. The lowest BCUT2D eigenvalue weighted by atomic mass is 10.1. The molecule has 0 bridgehead atoms. The van der Waals surface area contributed by atoms with Crippen LogP contribution < -0.4 is 20.5 Å². The van der Waals surface area contributed by atoms with Crippen LogP contribution >= 0.6 is 0 Å². The zero-order valence-electron chi connectivity index (χ0n) is 16.8. The third-order valence-electron chi connectivity index (χ3n) is 3.86. The van der Waals surface area contributed by atoms with E-state index in [0.717, 1.165) is 6.42 Å². The highest BCUT2D eigenvalue weighted by molar-refractivity contribution is 5.40. The van der Waals surface area contributed by atoms with Gasteiger partial charge in [-0.3, -0.25) is 4.79 Å². The van der Waals surface area contributed by atoms with E-state index in [4.69, 9.17) is 9.47 Å². The summed E-state index contributed by atoms with van der Waals surface area (Å²) in [5.41, 5.74) is -0.401. The molecule has 0 aromatic carbocycles. The predicted molar refractivity (Wildman–Crippen MR) is 105 cm³/mol. The Morgan fingerprint density at radius 1 is 1.18 bits per heavy atom. The van der Waals surface area contributed by atoms with Crippen molar-refractivity contribution in [2.45, 2.75) is 46.2 Å². The van der Waals surface area contributed by atoms with Crippen molar-refractivity contribution < 1.29 is 9.47 Å². The molecule has 0 saturated carbocycles. The fourth-order valence-electron chi connectivity index (χ4n) is 2.64. The van der Waals surface area contributed by atoms with E-state index in [1.54, 1.807) is 0 Å². The minimum atomic E-state index is -0.229. The van der Waals surface area contributed by atoms with Gasteiger partial charge in [-0.1, -0.05) is 6.92 Å². The molecule has 1 saturated heterocycles. The summed E-state index contributed by atoms with van der Waals surface area (Å²) in [5, 5.41) is 7.48. The van der Waals surface area contributed by atoms with Crippen LogP contribution in [0.1, 0.15) is 34.1 Å². The Morgan fingerprint density at radius 2 is 1.93 bits per heavy atom. The first-order valence-corrected chi connectivity index (χ1v) is 9.47. The largest absolute Gasteiger partial charge is 0.403 e. The van der Waals surface area contributed by atoms with Crippen LogP contribution in [0.15, 0.2) is 16.9 Å². The fraction of sp³-hybridized carbons (Fsp3) is 0.611. The summed E-state index contributed by atoms with van der Waals surface area (Å²) in [4.78, 5) is 27.2. The first-order valence-electron chi connectivity index (χ1n) is 9.47. The number of nitrogens with one attached hydrogen (secondary N) is 1. The maximum Gasteiger partial charge on any atom is 0.330 e. The lowest BCUT2D eigenvalue weighted by molar-refractivity contribution is 0.122. The molecule has 0 spiro atoms. The molecular formula is C18H27N7O3. The van der Waals surface area contributed by atoms with Gasteiger partial charge < -0.3 is 19.7 Å². The number of aromatic nitrogens is 5. The predicted octanol–water partition coefficient (Wildman–Crippen LogP) is 1.68. The average Bonchev–Trinajstić information content (AvgIpc) is 2.64. The lowest BCUT2D eigenvalue weighted by Gasteiger charge is -2.27. The quantitative estimate of drug-likeness (QED) is 0.789. The van der Waals surface area contributed by atoms with Gasteiger partial charge in [0.05, 0.1) is 13.2 Å². The molecule has 0 amide bonds. The fourth-order valence-corrected chi connectivity index (χ4v) is 2.64. The molecule has 2 aromatic heterocycles. The highest BCUT2D eigenvalue weighted by atomic mass is 16.5.